The zero-order valence-corrected chi connectivity index (χ0v) is 11.4. The minimum atomic E-state index is 0.0344. The summed E-state index contributed by atoms with van der Waals surface area (Å²) in [4.78, 5) is 10.8. The fourth-order valence-corrected chi connectivity index (χ4v) is 1.65. The second kappa shape index (κ2) is 7.46. The van der Waals surface area contributed by atoms with Crippen LogP contribution in [0.15, 0.2) is 24.3 Å². The molecular formula is C15H24O2. The molecular weight excluding hydrogens is 212 g/mol. The molecule has 1 aromatic rings. The molecule has 0 heterocycles. The Kier molecular flexibility index (Phi) is 6.23. The molecule has 1 aromatic carbocycles. The Morgan fingerprint density at radius 1 is 1.12 bits per heavy atom. The summed E-state index contributed by atoms with van der Waals surface area (Å²) in [6, 6.07) is 8.49. The van der Waals surface area contributed by atoms with E-state index >= 15 is 0 Å². The van der Waals surface area contributed by atoms with Crippen LogP contribution in [0.25, 0.3) is 0 Å². The molecule has 0 bridgehead atoms. The minimum absolute atomic E-state index is 0.0344. The minimum Gasteiger partial charge on any atom is -0.236 e. The molecule has 2 atom stereocenters. The van der Waals surface area contributed by atoms with Crippen LogP contribution in [0.3, 0.4) is 0 Å². The van der Waals surface area contributed by atoms with E-state index in [2.05, 4.69) is 52.0 Å². The zero-order chi connectivity index (χ0) is 12.7. The average Bonchev–Trinajstić information content (AvgIpc) is 2.35. The van der Waals surface area contributed by atoms with Gasteiger partial charge in [0.1, 0.15) is 6.10 Å². The number of hydrogen-bond donors (Lipinski definition) is 0. The van der Waals surface area contributed by atoms with E-state index in [9.17, 15) is 0 Å². The van der Waals surface area contributed by atoms with Crippen molar-refractivity contribution in [2.75, 3.05) is 6.61 Å². The molecule has 2 unspecified atom stereocenters. The lowest BCUT2D eigenvalue weighted by atomic mass is 9.95. The van der Waals surface area contributed by atoms with Gasteiger partial charge in [-0.05, 0) is 24.8 Å². The summed E-state index contributed by atoms with van der Waals surface area (Å²) in [5.41, 5.74) is 2.46. The Balaban J connectivity index is 2.71. The second-order valence-corrected chi connectivity index (χ2v) is 4.64. The molecule has 2 nitrogen and oxygen atoms in total. The third-order valence-corrected chi connectivity index (χ3v) is 3.03. The van der Waals surface area contributed by atoms with Crippen LogP contribution in [-0.4, -0.2) is 6.61 Å². The molecule has 0 aliphatic heterocycles. The van der Waals surface area contributed by atoms with Gasteiger partial charge in [-0.15, -0.1) is 0 Å². The lowest BCUT2D eigenvalue weighted by Gasteiger charge is -2.22. The molecule has 0 aliphatic rings. The van der Waals surface area contributed by atoms with Crippen molar-refractivity contribution in [2.45, 2.75) is 46.6 Å². The number of rotatable bonds is 7. The monoisotopic (exact) mass is 236 g/mol. The Hall–Kier alpha value is -0.860. The van der Waals surface area contributed by atoms with Crippen molar-refractivity contribution < 1.29 is 9.78 Å². The SMILES string of the molecule is CCCOOC(c1ccc(C)cc1)C(C)CC. The van der Waals surface area contributed by atoms with Gasteiger partial charge in [-0.3, -0.25) is 0 Å². The standard InChI is InChI=1S/C15H24O2/c1-5-11-16-17-15(13(4)6-2)14-9-7-12(3)8-10-14/h7-10,13,15H,5-6,11H2,1-4H3. The van der Waals surface area contributed by atoms with E-state index in [-0.39, 0.29) is 6.10 Å². The highest BCUT2D eigenvalue weighted by atomic mass is 17.2. The molecule has 0 radical (unpaired) electrons. The number of aryl methyl sites for hydroxylation is 1. The Morgan fingerprint density at radius 3 is 2.29 bits per heavy atom. The molecule has 17 heavy (non-hydrogen) atoms. The maximum absolute atomic E-state index is 5.56. The molecule has 1 rings (SSSR count). The zero-order valence-electron chi connectivity index (χ0n) is 11.4. The lowest BCUT2D eigenvalue weighted by molar-refractivity contribution is -0.336. The maximum Gasteiger partial charge on any atom is 0.120 e. The van der Waals surface area contributed by atoms with Gasteiger partial charge in [0.15, 0.2) is 0 Å². The first-order valence-electron chi connectivity index (χ1n) is 6.53. The summed E-state index contributed by atoms with van der Waals surface area (Å²) in [6.45, 7) is 9.19. The molecule has 0 saturated carbocycles. The number of benzene rings is 1. The van der Waals surface area contributed by atoms with Crippen LogP contribution < -0.4 is 0 Å². The topological polar surface area (TPSA) is 18.5 Å². The molecule has 0 N–H and O–H groups in total. The van der Waals surface area contributed by atoms with E-state index in [1.54, 1.807) is 0 Å². The average molecular weight is 236 g/mol. The van der Waals surface area contributed by atoms with Gasteiger partial charge in [0, 0.05) is 0 Å². The largest absolute Gasteiger partial charge is 0.236 e. The fraction of sp³-hybridized carbons (Fsp3) is 0.600. The normalized spacial score (nSPS) is 14.6. The van der Waals surface area contributed by atoms with Gasteiger partial charge in [0.25, 0.3) is 0 Å². The first kappa shape index (κ1) is 14.2. The first-order valence-corrected chi connectivity index (χ1v) is 6.53. The van der Waals surface area contributed by atoms with Gasteiger partial charge in [-0.1, -0.05) is 57.0 Å². The van der Waals surface area contributed by atoms with E-state index in [1.165, 1.54) is 11.1 Å². The molecule has 0 aliphatic carbocycles. The van der Waals surface area contributed by atoms with Crippen molar-refractivity contribution in [1.82, 2.24) is 0 Å². The van der Waals surface area contributed by atoms with E-state index < -0.39 is 0 Å². The van der Waals surface area contributed by atoms with Crippen LogP contribution in [0.2, 0.25) is 0 Å². The Morgan fingerprint density at radius 2 is 1.76 bits per heavy atom. The predicted octanol–water partition coefficient (Wildman–Crippen LogP) is 4.44. The van der Waals surface area contributed by atoms with Crippen molar-refractivity contribution >= 4 is 0 Å². The van der Waals surface area contributed by atoms with Crippen LogP contribution in [0.4, 0.5) is 0 Å². The van der Waals surface area contributed by atoms with Crippen molar-refractivity contribution in [3.05, 3.63) is 35.4 Å². The van der Waals surface area contributed by atoms with Crippen LogP contribution in [0, 0.1) is 12.8 Å². The van der Waals surface area contributed by atoms with Crippen molar-refractivity contribution in [2.24, 2.45) is 5.92 Å². The van der Waals surface area contributed by atoms with E-state index in [1.807, 2.05) is 0 Å². The fourth-order valence-electron chi connectivity index (χ4n) is 1.65. The summed E-state index contributed by atoms with van der Waals surface area (Å²) in [7, 11) is 0. The third kappa shape index (κ3) is 4.49. The van der Waals surface area contributed by atoms with Gasteiger partial charge < -0.3 is 0 Å². The molecule has 0 fully saturated rings. The molecule has 0 amide bonds. The predicted molar refractivity (Wildman–Crippen MR) is 70.7 cm³/mol. The smallest absolute Gasteiger partial charge is 0.120 e. The number of hydrogen-bond acceptors (Lipinski definition) is 2. The first-order chi connectivity index (χ1) is 8.19. The van der Waals surface area contributed by atoms with E-state index in [0.29, 0.717) is 12.5 Å². The molecule has 0 aromatic heterocycles. The van der Waals surface area contributed by atoms with Gasteiger partial charge in [-0.25, -0.2) is 9.78 Å². The third-order valence-electron chi connectivity index (χ3n) is 3.03. The molecule has 2 heteroatoms. The highest BCUT2D eigenvalue weighted by Gasteiger charge is 2.19. The summed E-state index contributed by atoms with van der Waals surface area (Å²) in [5, 5.41) is 0. The van der Waals surface area contributed by atoms with Crippen molar-refractivity contribution in [3.8, 4) is 0 Å². The van der Waals surface area contributed by atoms with Crippen LogP contribution >= 0.6 is 0 Å². The van der Waals surface area contributed by atoms with Gasteiger partial charge in [0.2, 0.25) is 0 Å². The van der Waals surface area contributed by atoms with Crippen LogP contribution in [0.5, 0.6) is 0 Å². The summed E-state index contributed by atoms with van der Waals surface area (Å²) in [6.07, 6.45) is 2.09. The van der Waals surface area contributed by atoms with Gasteiger partial charge >= 0.3 is 0 Å². The van der Waals surface area contributed by atoms with Crippen LogP contribution in [-0.2, 0) is 9.78 Å². The second-order valence-electron chi connectivity index (χ2n) is 4.64. The van der Waals surface area contributed by atoms with Crippen molar-refractivity contribution in [3.63, 3.8) is 0 Å². The van der Waals surface area contributed by atoms with Gasteiger partial charge in [0.05, 0.1) is 6.61 Å². The molecule has 0 saturated heterocycles. The van der Waals surface area contributed by atoms with Gasteiger partial charge in [-0.2, -0.15) is 0 Å². The van der Waals surface area contributed by atoms with E-state index in [4.69, 9.17) is 9.78 Å². The highest BCUT2D eigenvalue weighted by molar-refractivity contribution is 5.23. The van der Waals surface area contributed by atoms with Crippen molar-refractivity contribution in [1.29, 1.82) is 0 Å². The summed E-state index contributed by atoms with van der Waals surface area (Å²) in [5.74, 6) is 0.453. The maximum atomic E-state index is 5.56. The molecule has 0 spiro atoms. The quantitative estimate of drug-likeness (QED) is 0.396. The van der Waals surface area contributed by atoms with E-state index in [0.717, 1.165) is 12.8 Å². The van der Waals surface area contributed by atoms with Crippen LogP contribution in [0.1, 0.15) is 50.8 Å². The summed E-state index contributed by atoms with van der Waals surface area (Å²) >= 11 is 0. The summed E-state index contributed by atoms with van der Waals surface area (Å²) < 4.78 is 0. The lowest BCUT2D eigenvalue weighted by Crippen LogP contribution is -2.14. The Bertz CT molecular complexity index is 305. The molecule has 96 valence electrons. The highest BCUT2D eigenvalue weighted by Crippen LogP contribution is 2.28. The Labute approximate surface area is 105 Å².